The highest BCUT2D eigenvalue weighted by Gasteiger charge is 2.19. The Morgan fingerprint density at radius 1 is 1.11 bits per heavy atom. The Bertz CT molecular complexity index is 1380. The van der Waals surface area contributed by atoms with Crippen LogP contribution >= 0.6 is 11.6 Å². The standard InChI is InChI=1S/C26H33ClN10O/c1-26(2,3)20(28)13-21(29-4)34-24(38)16-10-17(27)12-18(11-16)33-23-22-19(31-15-32-23)14-30-25(35-22)37-8-6-36(5)7-9-37/h10-15,28-29H,6-9H2,1-5H3,(H,34,38)(H,31,32,33)/b21-13+,28-20?. The van der Waals surface area contributed by atoms with Crippen molar-refractivity contribution < 1.29 is 4.79 Å². The average Bonchev–Trinajstić information content (AvgIpc) is 2.87. The maximum Gasteiger partial charge on any atom is 0.256 e. The van der Waals surface area contributed by atoms with Gasteiger partial charge in [0.05, 0.1) is 6.20 Å². The highest BCUT2D eigenvalue weighted by atomic mass is 35.5. The van der Waals surface area contributed by atoms with Crippen LogP contribution in [0, 0.1) is 10.8 Å². The molecule has 3 heterocycles. The van der Waals surface area contributed by atoms with Gasteiger partial charge < -0.3 is 31.2 Å². The number of allylic oxidation sites excluding steroid dienone is 1. The fraction of sp³-hybridized carbons (Fsp3) is 0.385. The molecule has 0 unspecified atom stereocenters. The predicted octanol–water partition coefficient (Wildman–Crippen LogP) is 3.43. The molecule has 0 bridgehead atoms. The smallest absolute Gasteiger partial charge is 0.256 e. The number of hydrogen-bond donors (Lipinski definition) is 4. The van der Waals surface area contributed by atoms with E-state index >= 15 is 0 Å². The van der Waals surface area contributed by atoms with Gasteiger partial charge in [0.15, 0.2) is 5.82 Å². The lowest BCUT2D eigenvalue weighted by molar-refractivity contribution is 0.0963. The Morgan fingerprint density at radius 3 is 2.53 bits per heavy atom. The Balaban J connectivity index is 1.58. The molecule has 11 nitrogen and oxygen atoms in total. The van der Waals surface area contributed by atoms with E-state index in [4.69, 9.17) is 22.0 Å². The molecule has 0 spiro atoms. The first-order valence-corrected chi connectivity index (χ1v) is 12.7. The molecule has 1 saturated heterocycles. The molecule has 2 aromatic heterocycles. The van der Waals surface area contributed by atoms with Gasteiger partial charge in [-0.25, -0.2) is 19.9 Å². The molecule has 4 N–H and O–H groups in total. The van der Waals surface area contributed by atoms with Crippen molar-refractivity contribution >= 4 is 51.7 Å². The third kappa shape index (κ3) is 6.53. The summed E-state index contributed by atoms with van der Waals surface area (Å²) < 4.78 is 0. The van der Waals surface area contributed by atoms with Crippen molar-refractivity contribution in [3.05, 3.63) is 53.2 Å². The maximum absolute atomic E-state index is 13.1. The number of anilines is 3. The van der Waals surface area contributed by atoms with E-state index in [0.29, 0.717) is 50.6 Å². The fourth-order valence-electron chi connectivity index (χ4n) is 3.75. The maximum atomic E-state index is 13.1. The van der Waals surface area contributed by atoms with Gasteiger partial charge in [0.1, 0.15) is 23.2 Å². The number of rotatable bonds is 7. The largest absolute Gasteiger partial charge is 0.375 e. The Hall–Kier alpha value is -3.83. The molecule has 0 aliphatic carbocycles. The molecule has 0 atom stereocenters. The highest BCUT2D eigenvalue weighted by molar-refractivity contribution is 6.31. The van der Waals surface area contributed by atoms with Gasteiger partial charge in [0, 0.05) is 60.6 Å². The van der Waals surface area contributed by atoms with Gasteiger partial charge in [-0.1, -0.05) is 32.4 Å². The van der Waals surface area contributed by atoms with Gasteiger partial charge >= 0.3 is 0 Å². The topological polar surface area (TPSA) is 135 Å². The number of amides is 1. The van der Waals surface area contributed by atoms with Crippen LogP contribution in [0.25, 0.3) is 11.0 Å². The molecular formula is C26H33ClN10O. The fourth-order valence-corrected chi connectivity index (χ4v) is 3.99. The zero-order chi connectivity index (χ0) is 27.4. The van der Waals surface area contributed by atoms with E-state index in [1.807, 2.05) is 20.8 Å². The minimum absolute atomic E-state index is 0.342. The molecule has 1 aliphatic heterocycles. The van der Waals surface area contributed by atoms with E-state index in [1.165, 1.54) is 6.33 Å². The first kappa shape index (κ1) is 27.2. The number of nitrogens with one attached hydrogen (secondary N) is 4. The van der Waals surface area contributed by atoms with Crippen LogP contribution in [0.15, 0.2) is 42.6 Å². The van der Waals surface area contributed by atoms with Crippen LogP contribution in [-0.4, -0.2) is 76.7 Å². The number of carbonyl (C=O) groups is 1. The number of benzene rings is 1. The van der Waals surface area contributed by atoms with Gasteiger partial charge in [0.2, 0.25) is 5.95 Å². The van der Waals surface area contributed by atoms with E-state index in [1.54, 1.807) is 37.5 Å². The summed E-state index contributed by atoms with van der Waals surface area (Å²) >= 11 is 6.38. The van der Waals surface area contributed by atoms with Crippen molar-refractivity contribution in [2.45, 2.75) is 20.8 Å². The summed E-state index contributed by atoms with van der Waals surface area (Å²) in [4.78, 5) is 35.4. The zero-order valence-electron chi connectivity index (χ0n) is 22.3. The summed E-state index contributed by atoms with van der Waals surface area (Å²) in [6, 6.07) is 4.97. The molecule has 1 aliphatic rings. The minimum Gasteiger partial charge on any atom is -0.375 e. The number of aromatic nitrogens is 4. The first-order chi connectivity index (χ1) is 18.0. The monoisotopic (exact) mass is 536 g/mol. The van der Waals surface area contributed by atoms with Crippen LogP contribution in [-0.2, 0) is 0 Å². The Labute approximate surface area is 227 Å². The summed E-state index contributed by atoms with van der Waals surface area (Å²) in [7, 11) is 3.78. The third-order valence-electron chi connectivity index (χ3n) is 6.19. The summed E-state index contributed by atoms with van der Waals surface area (Å²) in [5.41, 5.74) is 2.11. The number of fused-ring (bicyclic) bond motifs is 1. The molecule has 0 saturated carbocycles. The minimum atomic E-state index is -0.370. The number of hydrogen-bond acceptors (Lipinski definition) is 10. The summed E-state index contributed by atoms with van der Waals surface area (Å²) in [5.74, 6) is 1.15. The van der Waals surface area contributed by atoms with Crippen molar-refractivity contribution in [3.63, 3.8) is 0 Å². The Morgan fingerprint density at radius 2 is 1.84 bits per heavy atom. The van der Waals surface area contributed by atoms with Crippen molar-refractivity contribution in [2.24, 2.45) is 5.41 Å². The summed E-state index contributed by atoms with van der Waals surface area (Å²) in [6.45, 7) is 9.36. The van der Waals surface area contributed by atoms with Gasteiger partial charge in [-0.2, -0.15) is 0 Å². The van der Waals surface area contributed by atoms with Crippen LogP contribution in [0.5, 0.6) is 0 Å². The van der Waals surface area contributed by atoms with Crippen molar-refractivity contribution in [3.8, 4) is 0 Å². The molecule has 0 radical (unpaired) electrons. The van der Waals surface area contributed by atoms with E-state index in [0.717, 1.165) is 26.2 Å². The second kappa shape index (κ2) is 11.3. The lowest BCUT2D eigenvalue weighted by Gasteiger charge is -2.32. The first-order valence-electron chi connectivity index (χ1n) is 12.3. The summed E-state index contributed by atoms with van der Waals surface area (Å²) in [6.07, 6.45) is 4.74. The molecule has 4 rings (SSSR count). The van der Waals surface area contributed by atoms with Gasteiger partial charge in [-0.05, 0) is 31.3 Å². The molecule has 200 valence electrons. The van der Waals surface area contributed by atoms with Crippen molar-refractivity contribution in [2.75, 3.05) is 50.5 Å². The quantitative estimate of drug-likeness (QED) is 0.335. The second-order valence-corrected chi connectivity index (χ2v) is 10.6. The van der Waals surface area contributed by atoms with Crippen LogP contribution in [0.3, 0.4) is 0 Å². The molecule has 1 aromatic carbocycles. The Kier molecular flexibility index (Phi) is 8.08. The molecule has 1 fully saturated rings. The predicted molar refractivity (Wildman–Crippen MR) is 151 cm³/mol. The highest BCUT2D eigenvalue weighted by Crippen LogP contribution is 2.26. The van der Waals surface area contributed by atoms with E-state index < -0.39 is 0 Å². The van der Waals surface area contributed by atoms with Crippen LogP contribution in [0.4, 0.5) is 17.5 Å². The van der Waals surface area contributed by atoms with Crippen LogP contribution in [0.1, 0.15) is 31.1 Å². The van der Waals surface area contributed by atoms with Gasteiger partial charge in [0.25, 0.3) is 5.91 Å². The number of likely N-dealkylation sites (N-methyl/N-ethyl adjacent to an activating group) is 1. The van der Waals surface area contributed by atoms with Crippen molar-refractivity contribution in [1.29, 1.82) is 5.41 Å². The number of halogens is 1. The normalized spacial score (nSPS) is 14.9. The van der Waals surface area contributed by atoms with E-state index in [-0.39, 0.29) is 11.3 Å². The third-order valence-corrected chi connectivity index (χ3v) is 6.41. The summed E-state index contributed by atoms with van der Waals surface area (Å²) in [5, 5.41) is 17.6. The lowest BCUT2D eigenvalue weighted by atomic mass is 9.90. The van der Waals surface area contributed by atoms with Crippen molar-refractivity contribution in [1.82, 2.24) is 35.5 Å². The van der Waals surface area contributed by atoms with E-state index in [9.17, 15) is 4.79 Å². The molecule has 1 amide bonds. The van der Waals surface area contributed by atoms with Crippen LogP contribution < -0.4 is 20.9 Å². The van der Waals surface area contributed by atoms with Crippen LogP contribution in [0.2, 0.25) is 5.02 Å². The molecular weight excluding hydrogens is 504 g/mol. The second-order valence-electron chi connectivity index (χ2n) is 10.2. The van der Waals surface area contributed by atoms with Gasteiger partial charge in [-0.15, -0.1) is 0 Å². The molecule has 12 heteroatoms. The molecule has 3 aromatic rings. The number of carbonyl (C=O) groups excluding carboxylic acids is 1. The zero-order valence-corrected chi connectivity index (χ0v) is 23.0. The van der Waals surface area contributed by atoms with Gasteiger partial charge in [-0.3, -0.25) is 4.79 Å². The average molecular weight is 537 g/mol. The molecule has 38 heavy (non-hydrogen) atoms. The number of nitrogens with zero attached hydrogens (tertiary/aromatic N) is 6. The lowest BCUT2D eigenvalue weighted by Crippen LogP contribution is -2.45. The van der Waals surface area contributed by atoms with E-state index in [2.05, 4.69) is 47.7 Å². The SMILES string of the molecule is CN/C(=C\C(=N)C(C)(C)C)NC(=O)c1cc(Cl)cc(Nc2ncnc3cnc(N4CCN(C)CC4)nc23)c1. The number of piperazine rings is 1.